The Balaban J connectivity index is 1.34. The lowest BCUT2D eigenvalue weighted by atomic mass is 10.1. The van der Waals surface area contributed by atoms with Gasteiger partial charge in [-0.3, -0.25) is 9.59 Å². The van der Waals surface area contributed by atoms with E-state index in [0.717, 1.165) is 63.1 Å². The van der Waals surface area contributed by atoms with E-state index < -0.39 is 6.10 Å². The fourth-order valence-corrected chi connectivity index (χ4v) is 4.94. The Hall–Kier alpha value is -2.74. The molecule has 4 heterocycles. The van der Waals surface area contributed by atoms with Crippen molar-refractivity contribution in [3.8, 4) is 0 Å². The average Bonchev–Trinajstić information content (AvgIpc) is 3.52. The molecule has 2 fully saturated rings. The van der Waals surface area contributed by atoms with Crippen molar-refractivity contribution in [3.63, 3.8) is 0 Å². The molecule has 0 bridgehead atoms. The summed E-state index contributed by atoms with van der Waals surface area (Å²) in [6, 6.07) is 7.14. The molecule has 1 aromatic carbocycles. The highest BCUT2D eigenvalue weighted by Crippen LogP contribution is 2.33. The Morgan fingerprint density at radius 2 is 1.97 bits per heavy atom. The van der Waals surface area contributed by atoms with Crippen LogP contribution in [-0.4, -0.2) is 50.7 Å². The number of aromatic nitrogens is 3. The number of fused-ring (bicyclic) bond motifs is 1. The van der Waals surface area contributed by atoms with Crippen molar-refractivity contribution in [2.24, 2.45) is 0 Å². The number of aryl methyl sites for hydroxylation is 1. The van der Waals surface area contributed by atoms with Gasteiger partial charge >= 0.3 is 0 Å². The first kappa shape index (κ1) is 20.2. The first-order valence-corrected chi connectivity index (χ1v) is 11.5. The second kappa shape index (κ2) is 8.78. The van der Waals surface area contributed by atoms with Gasteiger partial charge in [0.05, 0.1) is 6.04 Å². The fourth-order valence-electron chi connectivity index (χ4n) is 4.94. The van der Waals surface area contributed by atoms with E-state index in [1.54, 1.807) is 6.07 Å². The third-order valence-corrected chi connectivity index (χ3v) is 6.55. The van der Waals surface area contributed by atoms with Crippen LogP contribution in [0, 0.1) is 0 Å². The molecule has 0 saturated carbocycles. The number of ether oxygens (including phenoxy) is 1. The number of rotatable bonds is 4. The summed E-state index contributed by atoms with van der Waals surface area (Å²) in [6.45, 7) is 2.26. The SMILES string of the molecule is O=C(Nc1cccc(C(=O)N2CCC[C@H]2c2nnc3n2CCCCC3)c1)[C@H]1CCCO1. The van der Waals surface area contributed by atoms with Crippen LogP contribution in [0.2, 0.25) is 0 Å². The molecule has 8 nitrogen and oxygen atoms in total. The molecular weight excluding hydrogens is 394 g/mol. The van der Waals surface area contributed by atoms with Gasteiger partial charge in [-0.15, -0.1) is 10.2 Å². The predicted molar refractivity (Wildman–Crippen MR) is 115 cm³/mol. The highest BCUT2D eigenvalue weighted by Gasteiger charge is 2.35. The highest BCUT2D eigenvalue weighted by atomic mass is 16.5. The molecule has 5 rings (SSSR count). The van der Waals surface area contributed by atoms with Gasteiger partial charge in [0.2, 0.25) is 0 Å². The first-order valence-electron chi connectivity index (χ1n) is 11.5. The van der Waals surface area contributed by atoms with E-state index >= 15 is 0 Å². The summed E-state index contributed by atoms with van der Waals surface area (Å²) in [6.07, 6.45) is 7.54. The largest absolute Gasteiger partial charge is 0.368 e. The Bertz CT molecular complexity index is 966. The normalized spacial score (nSPS) is 23.4. The van der Waals surface area contributed by atoms with Crippen LogP contribution in [-0.2, 0) is 22.5 Å². The lowest BCUT2D eigenvalue weighted by molar-refractivity contribution is -0.124. The van der Waals surface area contributed by atoms with Crippen LogP contribution in [0.25, 0.3) is 0 Å². The van der Waals surface area contributed by atoms with Crippen LogP contribution in [0.3, 0.4) is 0 Å². The summed E-state index contributed by atoms with van der Waals surface area (Å²) in [5, 5.41) is 11.8. The van der Waals surface area contributed by atoms with Gasteiger partial charge in [0, 0.05) is 37.4 Å². The zero-order valence-corrected chi connectivity index (χ0v) is 17.8. The molecule has 1 aromatic heterocycles. The lowest BCUT2D eigenvalue weighted by Gasteiger charge is -2.25. The Kier molecular flexibility index (Phi) is 5.72. The maximum absolute atomic E-state index is 13.4. The van der Waals surface area contributed by atoms with Crippen molar-refractivity contribution < 1.29 is 14.3 Å². The third-order valence-electron chi connectivity index (χ3n) is 6.55. The fraction of sp³-hybridized carbons (Fsp3) is 0.565. The predicted octanol–water partition coefficient (Wildman–Crippen LogP) is 3.10. The molecule has 164 valence electrons. The number of benzene rings is 1. The van der Waals surface area contributed by atoms with Crippen molar-refractivity contribution in [1.29, 1.82) is 0 Å². The Morgan fingerprint density at radius 1 is 1.03 bits per heavy atom. The molecular formula is C23H29N5O3. The van der Waals surface area contributed by atoms with E-state index in [0.29, 0.717) is 24.4 Å². The topological polar surface area (TPSA) is 89.4 Å². The summed E-state index contributed by atoms with van der Waals surface area (Å²) in [7, 11) is 0. The quantitative estimate of drug-likeness (QED) is 0.816. The van der Waals surface area contributed by atoms with E-state index in [1.165, 1.54) is 6.42 Å². The number of anilines is 1. The third kappa shape index (κ3) is 4.08. The van der Waals surface area contributed by atoms with Gasteiger partial charge in [0.25, 0.3) is 11.8 Å². The van der Waals surface area contributed by atoms with Gasteiger partial charge in [0.15, 0.2) is 5.82 Å². The van der Waals surface area contributed by atoms with Crippen molar-refractivity contribution in [2.45, 2.75) is 70.1 Å². The van der Waals surface area contributed by atoms with Crippen LogP contribution < -0.4 is 5.32 Å². The minimum Gasteiger partial charge on any atom is -0.368 e. The molecule has 0 spiro atoms. The molecule has 0 aliphatic carbocycles. The van der Waals surface area contributed by atoms with Gasteiger partial charge < -0.3 is 19.5 Å². The van der Waals surface area contributed by atoms with Gasteiger partial charge in [-0.2, -0.15) is 0 Å². The molecule has 3 aliphatic heterocycles. The summed E-state index contributed by atoms with van der Waals surface area (Å²) >= 11 is 0. The number of carbonyl (C=O) groups excluding carboxylic acids is 2. The Labute approximate surface area is 182 Å². The maximum atomic E-state index is 13.4. The number of amides is 2. The molecule has 31 heavy (non-hydrogen) atoms. The monoisotopic (exact) mass is 423 g/mol. The number of hydrogen-bond donors (Lipinski definition) is 1. The van der Waals surface area contributed by atoms with Crippen LogP contribution in [0.15, 0.2) is 24.3 Å². The molecule has 2 amide bonds. The number of nitrogens with zero attached hydrogens (tertiary/aromatic N) is 4. The first-order chi connectivity index (χ1) is 15.2. The molecule has 0 radical (unpaired) electrons. The molecule has 2 aromatic rings. The number of likely N-dealkylation sites (tertiary alicyclic amines) is 1. The Morgan fingerprint density at radius 3 is 2.84 bits per heavy atom. The van der Waals surface area contributed by atoms with Crippen molar-refractivity contribution >= 4 is 17.5 Å². The van der Waals surface area contributed by atoms with Gasteiger partial charge in [-0.1, -0.05) is 12.5 Å². The summed E-state index contributed by atoms with van der Waals surface area (Å²) in [4.78, 5) is 27.7. The summed E-state index contributed by atoms with van der Waals surface area (Å²) in [5.74, 6) is 1.80. The van der Waals surface area contributed by atoms with Gasteiger partial charge in [-0.05, 0) is 56.7 Å². The minimum atomic E-state index is -0.398. The summed E-state index contributed by atoms with van der Waals surface area (Å²) in [5.41, 5.74) is 1.20. The van der Waals surface area contributed by atoms with E-state index in [2.05, 4.69) is 20.1 Å². The zero-order chi connectivity index (χ0) is 21.2. The maximum Gasteiger partial charge on any atom is 0.254 e. The van der Waals surface area contributed by atoms with E-state index in [-0.39, 0.29) is 17.9 Å². The number of hydrogen-bond acceptors (Lipinski definition) is 5. The van der Waals surface area contributed by atoms with Crippen molar-refractivity contribution in [2.75, 3.05) is 18.5 Å². The summed E-state index contributed by atoms with van der Waals surface area (Å²) < 4.78 is 7.69. The van der Waals surface area contributed by atoms with E-state index in [9.17, 15) is 9.59 Å². The van der Waals surface area contributed by atoms with Crippen LogP contribution in [0.5, 0.6) is 0 Å². The second-order valence-corrected chi connectivity index (χ2v) is 8.67. The molecule has 2 saturated heterocycles. The number of carbonyl (C=O) groups is 2. The van der Waals surface area contributed by atoms with Crippen LogP contribution >= 0.6 is 0 Å². The van der Waals surface area contributed by atoms with Crippen LogP contribution in [0.4, 0.5) is 5.69 Å². The van der Waals surface area contributed by atoms with Crippen LogP contribution in [0.1, 0.15) is 73.0 Å². The molecule has 3 aliphatic rings. The lowest BCUT2D eigenvalue weighted by Crippen LogP contribution is -2.32. The van der Waals surface area contributed by atoms with Crippen molar-refractivity contribution in [1.82, 2.24) is 19.7 Å². The number of nitrogens with one attached hydrogen (secondary N) is 1. The second-order valence-electron chi connectivity index (χ2n) is 8.67. The highest BCUT2D eigenvalue weighted by molar-refractivity contribution is 5.98. The smallest absolute Gasteiger partial charge is 0.254 e. The van der Waals surface area contributed by atoms with Gasteiger partial charge in [0.1, 0.15) is 11.9 Å². The van der Waals surface area contributed by atoms with E-state index in [1.807, 2.05) is 23.1 Å². The zero-order valence-electron chi connectivity index (χ0n) is 17.8. The molecule has 0 unspecified atom stereocenters. The van der Waals surface area contributed by atoms with Crippen molar-refractivity contribution in [3.05, 3.63) is 41.5 Å². The average molecular weight is 424 g/mol. The molecule has 1 N–H and O–H groups in total. The standard InChI is InChI=1S/C23H29N5O3/c29-22(19-10-6-14-31-19)24-17-8-4-7-16(15-17)23(30)27-13-5-9-18(27)21-26-25-20-11-2-1-3-12-28(20)21/h4,7-8,15,18-19H,1-3,5-6,9-14H2,(H,24,29)/t18-,19+/m0/s1. The van der Waals surface area contributed by atoms with E-state index in [4.69, 9.17) is 4.74 Å². The molecule has 2 atom stereocenters. The minimum absolute atomic E-state index is 0.0262. The molecule has 8 heteroatoms. The van der Waals surface area contributed by atoms with Gasteiger partial charge in [-0.25, -0.2) is 0 Å².